The van der Waals surface area contributed by atoms with Crippen molar-refractivity contribution in [3.63, 3.8) is 0 Å². The largest absolute Gasteiger partial charge is 0.353 e. The number of carbonyl (C=O) groups excluding carboxylic acids is 1. The van der Waals surface area contributed by atoms with Crippen LogP contribution in [0.15, 0.2) is 60.8 Å². The van der Waals surface area contributed by atoms with E-state index in [9.17, 15) is 13.6 Å². The molecule has 0 spiro atoms. The van der Waals surface area contributed by atoms with Crippen molar-refractivity contribution in [2.45, 2.75) is 32.0 Å². The van der Waals surface area contributed by atoms with Gasteiger partial charge in [0, 0.05) is 52.9 Å². The SMILES string of the molecule is O=C(NCc1ccc(F)c(F)c1)c1cnc(N2CCN(C3CCN(Cc4ccccc4)CC3)CC2)c(Cl)c1.[HH]. The van der Waals surface area contributed by atoms with Gasteiger partial charge in [-0.25, -0.2) is 13.8 Å². The molecule has 2 saturated heterocycles. The first-order valence-electron chi connectivity index (χ1n) is 13.1. The quantitative estimate of drug-likeness (QED) is 0.457. The second-order valence-corrected chi connectivity index (χ2v) is 10.4. The molecule has 1 N–H and O–H groups in total. The van der Waals surface area contributed by atoms with Crippen LogP contribution < -0.4 is 10.2 Å². The van der Waals surface area contributed by atoms with E-state index in [4.69, 9.17) is 11.6 Å². The summed E-state index contributed by atoms with van der Waals surface area (Å²) in [5, 5.41) is 3.12. The topological polar surface area (TPSA) is 51.7 Å². The Morgan fingerprint density at radius 2 is 1.68 bits per heavy atom. The number of benzene rings is 2. The van der Waals surface area contributed by atoms with Gasteiger partial charge >= 0.3 is 0 Å². The van der Waals surface area contributed by atoms with Crippen molar-refractivity contribution in [3.05, 3.63) is 94.1 Å². The summed E-state index contributed by atoms with van der Waals surface area (Å²) in [7, 11) is 0. The number of anilines is 1. The molecule has 2 aliphatic heterocycles. The summed E-state index contributed by atoms with van der Waals surface area (Å²) in [5.74, 6) is -1.56. The molecule has 6 nitrogen and oxygen atoms in total. The number of nitrogens with zero attached hydrogens (tertiary/aromatic N) is 4. The van der Waals surface area contributed by atoms with Crippen LogP contribution in [-0.2, 0) is 13.1 Å². The van der Waals surface area contributed by atoms with Gasteiger partial charge < -0.3 is 10.2 Å². The second kappa shape index (κ2) is 12.2. The molecule has 0 saturated carbocycles. The summed E-state index contributed by atoms with van der Waals surface area (Å²) in [6.07, 6.45) is 3.87. The summed E-state index contributed by atoms with van der Waals surface area (Å²) < 4.78 is 26.5. The fraction of sp³-hybridized carbons (Fsp3) is 0.379. The highest BCUT2D eigenvalue weighted by Gasteiger charge is 2.28. The molecule has 1 aromatic heterocycles. The van der Waals surface area contributed by atoms with E-state index in [1.54, 1.807) is 6.07 Å². The van der Waals surface area contributed by atoms with E-state index in [1.165, 1.54) is 30.7 Å². The van der Waals surface area contributed by atoms with Gasteiger partial charge in [-0.2, -0.15) is 0 Å². The number of hydrogen-bond acceptors (Lipinski definition) is 5. The third-order valence-corrected chi connectivity index (χ3v) is 7.74. The van der Waals surface area contributed by atoms with E-state index >= 15 is 0 Å². The average Bonchev–Trinajstić information content (AvgIpc) is 2.94. The number of halogens is 3. The molecule has 9 heteroatoms. The lowest BCUT2D eigenvalue weighted by molar-refractivity contribution is 0.0950. The van der Waals surface area contributed by atoms with Gasteiger partial charge in [0.05, 0.1) is 10.6 Å². The van der Waals surface area contributed by atoms with E-state index in [0.29, 0.717) is 28.0 Å². The fourth-order valence-corrected chi connectivity index (χ4v) is 5.59. The lowest BCUT2D eigenvalue weighted by atomic mass is 10.0. The number of hydrogen-bond donors (Lipinski definition) is 1. The Bertz CT molecular complexity index is 1250. The van der Waals surface area contributed by atoms with Gasteiger partial charge in [-0.1, -0.05) is 48.0 Å². The summed E-state index contributed by atoms with van der Waals surface area (Å²) in [5.41, 5.74) is 2.16. The molecule has 0 atom stereocenters. The van der Waals surface area contributed by atoms with Crippen LogP contribution in [0, 0.1) is 11.6 Å². The molecular weight excluding hydrogens is 508 g/mol. The van der Waals surface area contributed by atoms with Crippen molar-refractivity contribution in [2.24, 2.45) is 0 Å². The Hall–Kier alpha value is -3.07. The maximum absolute atomic E-state index is 13.4. The summed E-state index contributed by atoms with van der Waals surface area (Å²) >= 11 is 6.54. The zero-order chi connectivity index (χ0) is 26.5. The Morgan fingerprint density at radius 3 is 2.37 bits per heavy atom. The number of carbonyl (C=O) groups is 1. The fourth-order valence-electron chi connectivity index (χ4n) is 5.30. The number of amides is 1. The number of likely N-dealkylation sites (tertiary alicyclic amines) is 1. The minimum absolute atomic E-state index is 0. The van der Waals surface area contributed by atoms with Crippen molar-refractivity contribution in [1.29, 1.82) is 0 Å². The van der Waals surface area contributed by atoms with Gasteiger partial charge in [0.25, 0.3) is 5.91 Å². The third-order valence-electron chi connectivity index (χ3n) is 7.46. The molecule has 2 aromatic carbocycles. The Balaban J connectivity index is 0.00000353. The maximum atomic E-state index is 13.4. The number of rotatable bonds is 7. The molecule has 0 radical (unpaired) electrons. The van der Waals surface area contributed by atoms with Crippen molar-refractivity contribution in [3.8, 4) is 0 Å². The number of piperazine rings is 1. The van der Waals surface area contributed by atoms with Crippen molar-refractivity contribution in [2.75, 3.05) is 44.2 Å². The number of piperidine rings is 1. The molecular formula is C29H34ClF2N5O. The molecule has 3 heterocycles. The Morgan fingerprint density at radius 1 is 0.947 bits per heavy atom. The van der Waals surface area contributed by atoms with Crippen molar-refractivity contribution >= 4 is 23.3 Å². The van der Waals surface area contributed by atoms with Crippen LogP contribution >= 0.6 is 11.6 Å². The normalized spacial score (nSPS) is 17.5. The van der Waals surface area contributed by atoms with E-state index in [-0.39, 0.29) is 13.9 Å². The first-order chi connectivity index (χ1) is 18.5. The van der Waals surface area contributed by atoms with Crippen molar-refractivity contribution in [1.82, 2.24) is 20.1 Å². The number of pyridine rings is 1. The van der Waals surface area contributed by atoms with E-state index in [1.807, 2.05) is 0 Å². The summed E-state index contributed by atoms with van der Waals surface area (Å²) in [6, 6.07) is 16.4. The first-order valence-corrected chi connectivity index (χ1v) is 13.5. The predicted octanol–water partition coefficient (Wildman–Crippen LogP) is 4.98. The molecule has 0 bridgehead atoms. The van der Waals surface area contributed by atoms with Gasteiger partial charge in [-0.3, -0.25) is 14.6 Å². The van der Waals surface area contributed by atoms with Gasteiger partial charge in [0.1, 0.15) is 5.82 Å². The number of nitrogens with one attached hydrogen (secondary N) is 1. The molecule has 5 rings (SSSR count). The Kier molecular flexibility index (Phi) is 8.51. The molecule has 38 heavy (non-hydrogen) atoms. The predicted molar refractivity (Wildman–Crippen MR) is 147 cm³/mol. The summed E-state index contributed by atoms with van der Waals surface area (Å²) in [4.78, 5) is 24.3. The molecule has 1 amide bonds. The standard InChI is InChI=1S/C29H32ClF2N5O.H2/c30-25-17-23(29(38)34-18-22-6-7-26(31)27(32)16-22)19-33-28(25)37-14-12-36(13-15-37)24-8-10-35(11-9-24)20-21-4-2-1-3-5-21;/h1-7,16-17,19,24H,8-15,18,20H2,(H,34,38);1H. The highest BCUT2D eigenvalue weighted by atomic mass is 35.5. The van der Waals surface area contributed by atoms with Crippen LogP contribution in [0.4, 0.5) is 14.6 Å². The van der Waals surface area contributed by atoms with Gasteiger partial charge in [-0.05, 0) is 55.3 Å². The van der Waals surface area contributed by atoms with Crippen LogP contribution in [-0.4, -0.2) is 66.0 Å². The second-order valence-electron chi connectivity index (χ2n) is 9.98. The van der Waals surface area contributed by atoms with E-state index in [0.717, 1.165) is 57.9 Å². The van der Waals surface area contributed by atoms with Crippen LogP contribution in [0.25, 0.3) is 0 Å². The van der Waals surface area contributed by atoms with Crippen LogP contribution in [0.1, 0.15) is 35.8 Å². The maximum Gasteiger partial charge on any atom is 0.253 e. The van der Waals surface area contributed by atoms with Crippen LogP contribution in [0.5, 0.6) is 0 Å². The third kappa shape index (κ3) is 6.49. The first kappa shape index (κ1) is 26.5. The highest BCUT2D eigenvalue weighted by Crippen LogP contribution is 2.27. The van der Waals surface area contributed by atoms with Crippen molar-refractivity contribution < 1.29 is 15.0 Å². The number of aromatic nitrogens is 1. The van der Waals surface area contributed by atoms with Gasteiger partial charge in [0.2, 0.25) is 0 Å². The zero-order valence-corrected chi connectivity index (χ0v) is 22.0. The van der Waals surface area contributed by atoms with E-state index in [2.05, 4.69) is 55.3 Å². The van der Waals surface area contributed by atoms with Gasteiger partial charge in [0.15, 0.2) is 11.6 Å². The molecule has 202 valence electrons. The molecule has 0 aliphatic carbocycles. The summed E-state index contributed by atoms with van der Waals surface area (Å²) in [6.45, 7) is 6.90. The molecule has 0 unspecified atom stereocenters. The monoisotopic (exact) mass is 541 g/mol. The molecule has 2 fully saturated rings. The average molecular weight is 542 g/mol. The highest BCUT2D eigenvalue weighted by molar-refractivity contribution is 6.33. The minimum atomic E-state index is -0.945. The smallest absolute Gasteiger partial charge is 0.253 e. The van der Waals surface area contributed by atoms with Crippen LogP contribution in [0.3, 0.4) is 0 Å². The minimum Gasteiger partial charge on any atom is -0.353 e. The lowest BCUT2D eigenvalue weighted by Gasteiger charge is -2.43. The lowest BCUT2D eigenvalue weighted by Crippen LogP contribution is -2.53. The van der Waals surface area contributed by atoms with E-state index < -0.39 is 11.6 Å². The van der Waals surface area contributed by atoms with Gasteiger partial charge in [-0.15, -0.1) is 0 Å². The molecule has 2 aliphatic rings. The Labute approximate surface area is 228 Å². The van der Waals surface area contributed by atoms with Crippen LogP contribution in [0.2, 0.25) is 5.02 Å². The molecule has 3 aromatic rings. The zero-order valence-electron chi connectivity index (χ0n) is 21.3.